The molecule has 9 heteroatoms. The van der Waals surface area contributed by atoms with Gasteiger partial charge in [-0.05, 0) is 30.7 Å². The average Bonchev–Trinajstić information content (AvgIpc) is 3.04. The van der Waals surface area contributed by atoms with Gasteiger partial charge in [0, 0.05) is 18.2 Å². The van der Waals surface area contributed by atoms with Crippen molar-refractivity contribution in [2.24, 2.45) is 0 Å². The van der Waals surface area contributed by atoms with E-state index in [0.717, 1.165) is 0 Å². The van der Waals surface area contributed by atoms with E-state index in [0.29, 0.717) is 17.8 Å². The Morgan fingerprint density at radius 1 is 1.12 bits per heavy atom. The van der Waals surface area contributed by atoms with Crippen molar-refractivity contribution in [1.82, 2.24) is 9.78 Å². The van der Waals surface area contributed by atoms with Gasteiger partial charge in [0.05, 0.1) is 16.3 Å². The van der Waals surface area contributed by atoms with Gasteiger partial charge in [-0.2, -0.15) is 18.2 Å². The first kappa shape index (κ1) is 17.6. The SMILES string of the molecule is CCc1cc(OS(=O)(=O)c2ccccc2)n(-c2ccc([N+](=O)[O-])cc2)n1. The Hall–Kier alpha value is -3.20. The minimum Gasteiger partial charge on any atom is -0.358 e. The van der Waals surface area contributed by atoms with Gasteiger partial charge in [0.15, 0.2) is 0 Å². The number of non-ortho nitro benzene ring substituents is 1. The van der Waals surface area contributed by atoms with Gasteiger partial charge in [0.2, 0.25) is 5.88 Å². The molecule has 26 heavy (non-hydrogen) atoms. The van der Waals surface area contributed by atoms with Crippen LogP contribution in [0.3, 0.4) is 0 Å². The molecule has 1 heterocycles. The molecule has 8 nitrogen and oxygen atoms in total. The first-order chi connectivity index (χ1) is 12.4. The third kappa shape index (κ3) is 3.57. The second-order valence-corrected chi connectivity index (χ2v) is 6.91. The Bertz CT molecular complexity index is 1030. The predicted molar refractivity (Wildman–Crippen MR) is 93.9 cm³/mol. The van der Waals surface area contributed by atoms with Crippen LogP contribution in [0.1, 0.15) is 12.6 Å². The van der Waals surface area contributed by atoms with Crippen LogP contribution in [0.2, 0.25) is 0 Å². The summed E-state index contributed by atoms with van der Waals surface area (Å²) in [5.41, 5.74) is 1.01. The smallest absolute Gasteiger partial charge is 0.340 e. The number of hydrogen-bond acceptors (Lipinski definition) is 6. The lowest BCUT2D eigenvalue weighted by atomic mass is 10.3. The summed E-state index contributed by atoms with van der Waals surface area (Å²) in [5.74, 6) is 0.0135. The number of nitro benzene ring substituents is 1. The van der Waals surface area contributed by atoms with E-state index in [4.69, 9.17) is 4.18 Å². The molecular weight excluding hydrogens is 358 g/mol. The summed E-state index contributed by atoms with van der Waals surface area (Å²) in [6, 6.07) is 14.9. The van der Waals surface area contributed by atoms with Crippen LogP contribution >= 0.6 is 0 Å². The number of nitro groups is 1. The highest BCUT2D eigenvalue weighted by atomic mass is 32.2. The van der Waals surface area contributed by atoms with Gasteiger partial charge in [0.1, 0.15) is 4.90 Å². The largest absolute Gasteiger partial charge is 0.358 e. The van der Waals surface area contributed by atoms with Crippen LogP contribution in [0.5, 0.6) is 5.88 Å². The molecule has 0 fully saturated rings. The quantitative estimate of drug-likeness (QED) is 0.373. The van der Waals surface area contributed by atoms with Crippen molar-refractivity contribution < 1.29 is 17.5 Å². The molecule has 0 aliphatic carbocycles. The highest BCUT2D eigenvalue weighted by Crippen LogP contribution is 2.25. The number of aromatic nitrogens is 2. The molecule has 0 aliphatic heterocycles. The predicted octanol–water partition coefficient (Wildman–Crippen LogP) is 3.11. The molecule has 0 amide bonds. The fourth-order valence-corrected chi connectivity index (χ4v) is 3.22. The molecule has 0 spiro atoms. The van der Waals surface area contributed by atoms with Crippen LogP contribution in [0.15, 0.2) is 65.6 Å². The highest BCUT2D eigenvalue weighted by molar-refractivity contribution is 7.87. The average molecular weight is 373 g/mol. The maximum Gasteiger partial charge on any atom is 0.340 e. The van der Waals surface area contributed by atoms with Crippen molar-refractivity contribution in [3.63, 3.8) is 0 Å². The highest BCUT2D eigenvalue weighted by Gasteiger charge is 2.21. The summed E-state index contributed by atoms with van der Waals surface area (Å²) in [6.45, 7) is 1.87. The van der Waals surface area contributed by atoms with E-state index in [-0.39, 0.29) is 16.5 Å². The summed E-state index contributed by atoms with van der Waals surface area (Å²) in [4.78, 5) is 10.3. The van der Waals surface area contributed by atoms with E-state index in [2.05, 4.69) is 5.10 Å². The summed E-state index contributed by atoms with van der Waals surface area (Å²) >= 11 is 0. The molecule has 1 aromatic heterocycles. The van der Waals surface area contributed by atoms with E-state index >= 15 is 0 Å². The zero-order chi connectivity index (χ0) is 18.7. The van der Waals surface area contributed by atoms with Crippen molar-refractivity contribution in [1.29, 1.82) is 0 Å². The second-order valence-electron chi connectivity index (χ2n) is 5.36. The van der Waals surface area contributed by atoms with Crippen LogP contribution < -0.4 is 4.18 Å². The second kappa shape index (κ2) is 6.96. The number of hydrogen-bond donors (Lipinski definition) is 0. The van der Waals surface area contributed by atoms with Gasteiger partial charge in [0.25, 0.3) is 5.69 Å². The fraction of sp³-hybridized carbons (Fsp3) is 0.118. The van der Waals surface area contributed by atoms with Gasteiger partial charge in [-0.25, -0.2) is 0 Å². The Morgan fingerprint density at radius 3 is 2.35 bits per heavy atom. The zero-order valence-corrected chi connectivity index (χ0v) is 14.6. The number of benzene rings is 2. The molecule has 0 radical (unpaired) electrons. The number of rotatable bonds is 6. The summed E-state index contributed by atoms with van der Waals surface area (Å²) < 4.78 is 31.5. The van der Waals surface area contributed by atoms with Crippen LogP contribution in [0.4, 0.5) is 5.69 Å². The summed E-state index contributed by atoms with van der Waals surface area (Å²) in [6.07, 6.45) is 0.571. The third-order valence-electron chi connectivity index (χ3n) is 3.62. The maximum atomic E-state index is 12.5. The molecule has 0 atom stereocenters. The van der Waals surface area contributed by atoms with E-state index in [9.17, 15) is 18.5 Å². The Kier molecular flexibility index (Phi) is 4.72. The third-order valence-corrected chi connectivity index (χ3v) is 4.86. The van der Waals surface area contributed by atoms with E-state index < -0.39 is 15.0 Å². The van der Waals surface area contributed by atoms with E-state index in [1.54, 1.807) is 18.2 Å². The van der Waals surface area contributed by atoms with Gasteiger partial charge in [-0.1, -0.05) is 25.1 Å². The summed E-state index contributed by atoms with van der Waals surface area (Å²) in [7, 11) is -4.03. The minimum absolute atomic E-state index is 0.0135. The Morgan fingerprint density at radius 2 is 1.77 bits per heavy atom. The lowest BCUT2D eigenvalue weighted by Gasteiger charge is -2.09. The molecule has 134 valence electrons. The van der Waals surface area contributed by atoms with E-state index in [1.165, 1.54) is 47.1 Å². The first-order valence-corrected chi connectivity index (χ1v) is 9.15. The van der Waals surface area contributed by atoms with E-state index in [1.807, 2.05) is 6.92 Å². The summed E-state index contributed by atoms with van der Waals surface area (Å²) in [5, 5.41) is 15.1. The lowest BCUT2D eigenvalue weighted by Crippen LogP contribution is -2.12. The van der Waals surface area contributed by atoms with Crippen molar-refractivity contribution in [3.05, 3.63) is 76.5 Å². The van der Waals surface area contributed by atoms with Gasteiger partial charge in [-0.15, -0.1) is 0 Å². The zero-order valence-electron chi connectivity index (χ0n) is 13.8. The van der Waals surface area contributed by atoms with Gasteiger partial charge >= 0.3 is 10.1 Å². The fourth-order valence-electron chi connectivity index (χ4n) is 2.29. The minimum atomic E-state index is -4.03. The molecule has 3 rings (SSSR count). The van der Waals surface area contributed by atoms with Gasteiger partial charge < -0.3 is 4.18 Å². The monoisotopic (exact) mass is 373 g/mol. The first-order valence-electron chi connectivity index (χ1n) is 7.74. The molecule has 0 aliphatic rings. The normalized spacial score (nSPS) is 11.3. The molecule has 0 saturated heterocycles. The number of nitrogens with zero attached hydrogens (tertiary/aromatic N) is 3. The van der Waals surface area contributed by atoms with Crippen LogP contribution in [0.25, 0.3) is 5.69 Å². The van der Waals surface area contributed by atoms with Crippen LogP contribution in [-0.2, 0) is 16.5 Å². The molecule has 3 aromatic rings. The standard InChI is InChI=1S/C17H15N3O5S/c1-2-13-12-17(25-26(23,24)16-6-4-3-5-7-16)19(18-13)14-8-10-15(11-9-14)20(21)22/h3-12H,2H2,1H3. The Balaban J connectivity index is 2.00. The molecule has 0 bridgehead atoms. The maximum absolute atomic E-state index is 12.5. The van der Waals surface area contributed by atoms with Crippen molar-refractivity contribution in [2.45, 2.75) is 18.2 Å². The van der Waals surface area contributed by atoms with Gasteiger partial charge in [-0.3, -0.25) is 10.1 Å². The Labute approximate surface area is 149 Å². The molecule has 0 N–H and O–H groups in total. The molecule has 0 saturated carbocycles. The molecular formula is C17H15N3O5S. The lowest BCUT2D eigenvalue weighted by molar-refractivity contribution is -0.384. The van der Waals surface area contributed by atoms with Crippen molar-refractivity contribution in [3.8, 4) is 11.6 Å². The van der Waals surface area contributed by atoms with Crippen molar-refractivity contribution in [2.75, 3.05) is 0 Å². The molecule has 2 aromatic carbocycles. The topological polar surface area (TPSA) is 104 Å². The van der Waals surface area contributed by atoms with Crippen LogP contribution in [-0.4, -0.2) is 23.1 Å². The van der Waals surface area contributed by atoms with Crippen LogP contribution in [0, 0.1) is 10.1 Å². The van der Waals surface area contributed by atoms with Crippen molar-refractivity contribution >= 4 is 15.8 Å². The molecule has 0 unspecified atom stereocenters. The number of aryl methyl sites for hydroxylation is 1.